The molecule has 10 heteroatoms. The Labute approximate surface area is 198 Å². The Morgan fingerprint density at radius 3 is 2.60 bits per heavy atom. The summed E-state index contributed by atoms with van der Waals surface area (Å²) in [7, 11) is 0. The van der Waals surface area contributed by atoms with Gasteiger partial charge in [-0.25, -0.2) is 8.78 Å². The van der Waals surface area contributed by atoms with E-state index in [1.807, 2.05) is 24.3 Å². The van der Waals surface area contributed by atoms with Gasteiger partial charge in [0, 0.05) is 35.3 Å². The first kappa shape index (κ1) is 22.1. The monoisotopic (exact) mass is 472 g/mol. The summed E-state index contributed by atoms with van der Waals surface area (Å²) in [5, 5.41) is 15.8. The first-order valence-corrected chi connectivity index (χ1v) is 10.6. The Hall–Kier alpha value is -4.73. The Balaban J connectivity index is 1.36. The molecule has 0 saturated carbocycles. The number of ether oxygens (including phenoxy) is 1. The van der Waals surface area contributed by atoms with E-state index in [1.165, 1.54) is 6.92 Å². The predicted molar refractivity (Wildman–Crippen MR) is 125 cm³/mol. The van der Waals surface area contributed by atoms with Crippen molar-refractivity contribution in [2.75, 3.05) is 5.32 Å². The summed E-state index contributed by atoms with van der Waals surface area (Å²) in [6, 6.07) is 17.3. The van der Waals surface area contributed by atoms with Gasteiger partial charge in [0.15, 0.2) is 29.1 Å². The van der Waals surface area contributed by atoms with Crippen LogP contribution in [0.2, 0.25) is 0 Å². The van der Waals surface area contributed by atoms with Crippen molar-refractivity contribution in [3.8, 4) is 28.4 Å². The maximum atomic E-state index is 13.8. The van der Waals surface area contributed by atoms with E-state index in [2.05, 4.69) is 25.6 Å². The van der Waals surface area contributed by atoms with Gasteiger partial charge in [0.05, 0.1) is 5.69 Å². The number of carbonyl (C=O) groups is 1. The molecule has 8 nitrogen and oxygen atoms in total. The van der Waals surface area contributed by atoms with Crippen LogP contribution in [0.5, 0.6) is 5.75 Å². The molecule has 5 rings (SSSR count). The number of benzene rings is 2. The van der Waals surface area contributed by atoms with Gasteiger partial charge in [-0.2, -0.15) is 9.61 Å². The molecule has 174 valence electrons. The molecule has 1 amide bonds. The van der Waals surface area contributed by atoms with Crippen molar-refractivity contribution >= 4 is 17.2 Å². The highest BCUT2D eigenvalue weighted by Gasteiger charge is 2.18. The Bertz CT molecular complexity index is 1520. The molecule has 0 aliphatic rings. The average Bonchev–Trinajstić information content (AvgIpc) is 3.30. The number of hydrogen-bond donors (Lipinski definition) is 1. The average molecular weight is 472 g/mol. The number of hydrogen-bond acceptors (Lipinski definition) is 6. The van der Waals surface area contributed by atoms with Gasteiger partial charge in [0.1, 0.15) is 5.82 Å². The van der Waals surface area contributed by atoms with Crippen LogP contribution in [-0.4, -0.2) is 36.8 Å². The molecule has 0 spiro atoms. The predicted octanol–water partition coefficient (Wildman–Crippen LogP) is 4.54. The van der Waals surface area contributed by atoms with Crippen LogP contribution in [0.15, 0.2) is 79.1 Å². The second-order valence-electron chi connectivity index (χ2n) is 7.65. The maximum Gasteiger partial charge on any atom is 0.265 e. The van der Waals surface area contributed by atoms with Gasteiger partial charge in [0.2, 0.25) is 0 Å². The van der Waals surface area contributed by atoms with Crippen molar-refractivity contribution in [3.05, 3.63) is 90.8 Å². The van der Waals surface area contributed by atoms with E-state index in [9.17, 15) is 13.6 Å². The van der Waals surface area contributed by atoms with Gasteiger partial charge in [-0.3, -0.25) is 9.78 Å². The van der Waals surface area contributed by atoms with Crippen molar-refractivity contribution in [1.29, 1.82) is 0 Å². The topological polar surface area (TPSA) is 94.3 Å². The van der Waals surface area contributed by atoms with Gasteiger partial charge in [-0.05, 0) is 55.5 Å². The van der Waals surface area contributed by atoms with Gasteiger partial charge in [-0.15, -0.1) is 10.2 Å². The molecule has 5 aromatic rings. The number of nitrogens with zero attached hydrogens (tertiary/aromatic N) is 5. The minimum absolute atomic E-state index is 0.209. The molecule has 0 fully saturated rings. The fourth-order valence-corrected chi connectivity index (χ4v) is 3.44. The van der Waals surface area contributed by atoms with Gasteiger partial charge < -0.3 is 10.1 Å². The summed E-state index contributed by atoms with van der Waals surface area (Å²) >= 11 is 0. The van der Waals surface area contributed by atoms with Crippen LogP contribution in [0.1, 0.15) is 6.92 Å². The number of aromatic nitrogens is 5. The number of anilines is 1. The Morgan fingerprint density at radius 1 is 0.971 bits per heavy atom. The minimum Gasteiger partial charge on any atom is -0.478 e. The first-order chi connectivity index (χ1) is 17.0. The molecule has 0 saturated heterocycles. The first-order valence-electron chi connectivity index (χ1n) is 10.6. The molecule has 0 bridgehead atoms. The van der Waals surface area contributed by atoms with Crippen molar-refractivity contribution in [1.82, 2.24) is 24.8 Å². The molecule has 0 aliphatic heterocycles. The van der Waals surface area contributed by atoms with Crippen molar-refractivity contribution in [2.24, 2.45) is 0 Å². The second-order valence-corrected chi connectivity index (χ2v) is 7.65. The molecule has 3 aromatic heterocycles. The Morgan fingerprint density at radius 2 is 1.80 bits per heavy atom. The van der Waals surface area contributed by atoms with Crippen molar-refractivity contribution in [3.63, 3.8) is 0 Å². The van der Waals surface area contributed by atoms with Gasteiger partial charge in [0.25, 0.3) is 5.91 Å². The van der Waals surface area contributed by atoms with Crippen LogP contribution in [0.25, 0.3) is 28.3 Å². The standard InChI is InChI=1S/C25H18F2N6O2/c1-15(35-22-7-5-18(26)14-20(22)27)25(34)29-19-4-2-3-17(13-19)21-6-8-23-30-31-24(33(23)32-21)16-9-11-28-12-10-16/h2-15H,1H3,(H,29,34). The van der Waals surface area contributed by atoms with Crippen LogP contribution in [0, 0.1) is 11.6 Å². The number of carbonyl (C=O) groups excluding carboxylic acids is 1. The maximum absolute atomic E-state index is 13.8. The summed E-state index contributed by atoms with van der Waals surface area (Å²) in [5.41, 5.74) is 3.30. The van der Waals surface area contributed by atoms with E-state index in [-0.39, 0.29) is 5.75 Å². The molecule has 1 unspecified atom stereocenters. The molecule has 1 N–H and O–H groups in total. The highest BCUT2D eigenvalue weighted by Crippen LogP contribution is 2.24. The zero-order valence-corrected chi connectivity index (χ0v) is 18.4. The van der Waals surface area contributed by atoms with Crippen LogP contribution < -0.4 is 10.1 Å². The summed E-state index contributed by atoms with van der Waals surface area (Å²) in [6.45, 7) is 1.48. The summed E-state index contributed by atoms with van der Waals surface area (Å²) in [4.78, 5) is 16.6. The van der Waals surface area contributed by atoms with Crippen LogP contribution in [-0.2, 0) is 4.79 Å². The van der Waals surface area contributed by atoms with E-state index < -0.39 is 23.6 Å². The third-order valence-electron chi connectivity index (χ3n) is 5.19. The third kappa shape index (κ3) is 4.67. The quantitative estimate of drug-likeness (QED) is 0.390. The number of pyridine rings is 1. The molecule has 0 aliphatic carbocycles. The van der Waals surface area contributed by atoms with E-state index in [0.29, 0.717) is 28.9 Å². The summed E-state index contributed by atoms with van der Waals surface area (Å²) < 4.78 is 33.9. The van der Waals surface area contributed by atoms with E-state index in [0.717, 1.165) is 23.3 Å². The normalized spacial score (nSPS) is 11.9. The molecule has 0 radical (unpaired) electrons. The van der Waals surface area contributed by atoms with Gasteiger partial charge in [-0.1, -0.05) is 12.1 Å². The second kappa shape index (κ2) is 9.26. The lowest BCUT2D eigenvalue weighted by molar-refractivity contribution is -0.122. The highest BCUT2D eigenvalue weighted by atomic mass is 19.1. The fraction of sp³-hybridized carbons (Fsp3) is 0.0800. The molecule has 35 heavy (non-hydrogen) atoms. The van der Waals surface area contributed by atoms with Crippen LogP contribution in [0.3, 0.4) is 0 Å². The van der Waals surface area contributed by atoms with Crippen LogP contribution in [0.4, 0.5) is 14.5 Å². The van der Waals surface area contributed by atoms with Crippen molar-refractivity contribution < 1.29 is 18.3 Å². The third-order valence-corrected chi connectivity index (χ3v) is 5.19. The molecule has 3 heterocycles. The highest BCUT2D eigenvalue weighted by molar-refractivity contribution is 5.94. The molecular weight excluding hydrogens is 454 g/mol. The van der Waals surface area contributed by atoms with Crippen LogP contribution >= 0.6 is 0 Å². The Kier molecular flexibility index (Phi) is 5.84. The number of rotatable bonds is 6. The zero-order valence-electron chi connectivity index (χ0n) is 18.4. The van der Waals surface area contributed by atoms with E-state index in [1.54, 1.807) is 41.2 Å². The molecule has 2 aromatic carbocycles. The van der Waals surface area contributed by atoms with E-state index >= 15 is 0 Å². The largest absolute Gasteiger partial charge is 0.478 e. The van der Waals surface area contributed by atoms with E-state index in [4.69, 9.17) is 4.74 Å². The number of amides is 1. The summed E-state index contributed by atoms with van der Waals surface area (Å²) in [6.07, 6.45) is 2.32. The smallest absolute Gasteiger partial charge is 0.265 e. The lowest BCUT2D eigenvalue weighted by atomic mass is 10.1. The lowest BCUT2D eigenvalue weighted by Gasteiger charge is -2.15. The summed E-state index contributed by atoms with van der Waals surface area (Å²) in [5.74, 6) is -1.73. The molecular formula is C25H18F2N6O2. The van der Waals surface area contributed by atoms with Gasteiger partial charge >= 0.3 is 0 Å². The number of nitrogens with one attached hydrogen (secondary N) is 1. The number of fused-ring (bicyclic) bond motifs is 1. The minimum atomic E-state index is -1.02. The molecule has 1 atom stereocenters. The fourth-order valence-electron chi connectivity index (χ4n) is 3.44. The SMILES string of the molecule is CC(Oc1ccc(F)cc1F)C(=O)Nc1cccc(-c2ccc3nnc(-c4ccncc4)n3n2)c1. The van der Waals surface area contributed by atoms with Crippen molar-refractivity contribution in [2.45, 2.75) is 13.0 Å². The zero-order chi connectivity index (χ0) is 24.4. The lowest BCUT2D eigenvalue weighted by Crippen LogP contribution is -2.30. The number of halogens is 2.